The number of carbonyl (C=O) groups excluding carboxylic acids is 1. The molecule has 5 nitrogen and oxygen atoms in total. The van der Waals surface area contributed by atoms with Crippen LogP contribution in [0.2, 0.25) is 5.02 Å². The van der Waals surface area contributed by atoms with E-state index in [2.05, 4.69) is 11.9 Å². The van der Waals surface area contributed by atoms with Gasteiger partial charge in [-0.25, -0.2) is 4.79 Å². The van der Waals surface area contributed by atoms with Crippen LogP contribution in [0.5, 0.6) is 0 Å². The molecule has 0 heterocycles. The summed E-state index contributed by atoms with van der Waals surface area (Å²) in [6.45, 7) is 3.53. The number of carboxylic acids is 1. The largest absolute Gasteiger partial charge is 0.480 e. The van der Waals surface area contributed by atoms with Crippen molar-refractivity contribution in [2.45, 2.75) is 10.9 Å². The smallest absolute Gasteiger partial charge is 0.328 e. The molecule has 1 rings (SSSR count). The molecule has 0 saturated carbocycles. The molecule has 1 atom stereocenters. The van der Waals surface area contributed by atoms with Crippen molar-refractivity contribution in [1.82, 2.24) is 5.32 Å². The summed E-state index contributed by atoms with van der Waals surface area (Å²) in [5, 5.41) is 11.7. The monoisotopic (exact) mass is 329 g/mol. The summed E-state index contributed by atoms with van der Waals surface area (Å²) >= 11 is 7.44. The summed E-state index contributed by atoms with van der Waals surface area (Å²) in [6, 6.07) is 3.86. The van der Waals surface area contributed by atoms with Crippen molar-refractivity contribution in [3.8, 4) is 0 Å². The summed E-state index contributed by atoms with van der Waals surface area (Å²) in [5.74, 6) is -1.73. The minimum atomic E-state index is -1.18. The molecule has 1 amide bonds. The summed E-state index contributed by atoms with van der Waals surface area (Å²) in [4.78, 5) is 24.1. The van der Waals surface area contributed by atoms with Crippen LogP contribution in [0.15, 0.2) is 35.7 Å². The second-order valence-electron chi connectivity index (χ2n) is 4.04. The van der Waals surface area contributed by atoms with Crippen LogP contribution in [0.3, 0.4) is 0 Å². The summed E-state index contributed by atoms with van der Waals surface area (Å²) < 4.78 is 5.07. The first kappa shape index (κ1) is 17.6. The Morgan fingerprint density at radius 3 is 2.86 bits per heavy atom. The van der Waals surface area contributed by atoms with Crippen molar-refractivity contribution >= 4 is 35.2 Å². The van der Waals surface area contributed by atoms with Gasteiger partial charge in [0.2, 0.25) is 0 Å². The lowest BCUT2D eigenvalue weighted by Crippen LogP contribution is -2.44. The fourth-order valence-corrected chi connectivity index (χ4v) is 2.13. The fraction of sp³-hybridized carbons (Fsp3) is 0.286. The summed E-state index contributed by atoms with van der Waals surface area (Å²) in [6.07, 6.45) is 3.37. The molecule has 21 heavy (non-hydrogen) atoms. The topological polar surface area (TPSA) is 75.6 Å². The van der Waals surface area contributed by atoms with E-state index in [0.717, 1.165) is 4.90 Å². The lowest BCUT2D eigenvalue weighted by atomic mass is 10.2. The maximum Gasteiger partial charge on any atom is 0.328 e. The van der Waals surface area contributed by atoms with Gasteiger partial charge in [-0.05, 0) is 24.5 Å². The standard InChI is InChI=1S/C14H16ClNO4S/c1-3-6-20-8-12(14(18)19)16-13(17)10-7-9(21-2)4-5-11(10)15/h3-5,7,12H,1,6,8H2,2H3,(H,16,17)(H,18,19). The average Bonchev–Trinajstić information content (AvgIpc) is 2.46. The highest BCUT2D eigenvalue weighted by Gasteiger charge is 2.22. The molecule has 1 unspecified atom stereocenters. The van der Waals surface area contributed by atoms with Crippen LogP contribution in [-0.4, -0.2) is 42.5 Å². The third kappa shape index (κ3) is 5.41. The van der Waals surface area contributed by atoms with Gasteiger partial charge in [0.05, 0.1) is 23.8 Å². The molecule has 0 spiro atoms. The SMILES string of the molecule is C=CCOCC(NC(=O)c1cc(SC)ccc1Cl)C(=O)O. The van der Waals surface area contributed by atoms with Gasteiger partial charge >= 0.3 is 5.97 Å². The number of amides is 1. The van der Waals surface area contributed by atoms with E-state index in [0.29, 0.717) is 0 Å². The number of carbonyl (C=O) groups is 2. The van der Waals surface area contributed by atoms with E-state index < -0.39 is 17.9 Å². The second-order valence-corrected chi connectivity index (χ2v) is 5.32. The van der Waals surface area contributed by atoms with E-state index in [1.807, 2.05) is 6.26 Å². The molecule has 2 N–H and O–H groups in total. The minimum absolute atomic E-state index is 0.146. The Morgan fingerprint density at radius 2 is 2.29 bits per heavy atom. The Morgan fingerprint density at radius 1 is 1.57 bits per heavy atom. The zero-order valence-electron chi connectivity index (χ0n) is 11.5. The molecule has 0 aliphatic heterocycles. The lowest BCUT2D eigenvalue weighted by molar-refractivity contribution is -0.140. The minimum Gasteiger partial charge on any atom is -0.480 e. The molecule has 1 aromatic rings. The van der Waals surface area contributed by atoms with Gasteiger partial charge in [-0.2, -0.15) is 0 Å². The number of thioether (sulfide) groups is 1. The molecule has 0 aliphatic rings. The molecular weight excluding hydrogens is 314 g/mol. The molecule has 0 aromatic heterocycles. The van der Waals surface area contributed by atoms with Crippen molar-refractivity contribution in [1.29, 1.82) is 0 Å². The number of aliphatic carboxylic acids is 1. The molecule has 0 radical (unpaired) electrons. The van der Waals surface area contributed by atoms with Gasteiger partial charge in [0.1, 0.15) is 0 Å². The molecule has 114 valence electrons. The van der Waals surface area contributed by atoms with Crippen molar-refractivity contribution in [2.24, 2.45) is 0 Å². The van der Waals surface area contributed by atoms with Crippen LogP contribution in [0.1, 0.15) is 10.4 Å². The molecule has 0 bridgehead atoms. The third-order valence-electron chi connectivity index (χ3n) is 2.54. The predicted molar refractivity (Wildman–Crippen MR) is 83.1 cm³/mol. The second kappa shape index (κ2) is 8.71. The maximum absolute atomic E-state index is 12.1. The number of rotatable bonds is 8. The number of ether oxygens (including phenoxy) is 1. The van der Waals surface area contributed by atoms with Gasteiger partial charge in [0.15, 0.2) is 6.04 Å². The van der Waals surface area contributed by atoms with Crippen molar-refractivity contribution in [3.05, 3.63) is 41.4 Å². The molecule has 0 aliphatic carbocycles. The first-order valence-electron chi connectivity index (χ1n) is 6.05. The van der Waals surface area contributed by atoms with Gasteiger partial charge in [0.25, 0.3) is 5.91 Å². The van der Waals surface area contributed by atoms with Crippen LogP contribution in [0, 0.1) is 0 Å². The van der Waals surface area contributed by atoms with Crippen molar-refractivity contribution in [3.63, 3.8) is 0 Å². The summed E-state index contributed by atoms with van der Waals surface area (Å²) in [5.41, 5.74) is 0.235. The number of hydrogen-bond donors (Lipinski definition) is 2. The molecule has 1 aromatic carbocycles. The molecule has 0 saturated heterocycles. The number of benzene rings is 1. The van der Waals surface area contributed by atoms with E-state index in [4.69, 9.17) is 21.4 Å². The molecule has 0 fully saturated rings. The van der Waals surface area contributed by atoms with E-state index in [-0.39, 0.29) is 23.8 Å². The zero-order valence-corrected chi connectivity index (χ0v) is 13.0. The Hall–Kier alpha value is -1.50. The van der Waals surface area contributed by atoms with E-state index in [1.165, 1.54) is 17.8 Å². The van der Waals surface area contributed by atoms with Gasteiger partial charge in [0, 0.05) is 4.90 Å². The number of halogens is 1. The summed E-state index contributed by atoms with van der Waals surface area (Å²) in [7, 11) is 0. The first-order valence-corrected chi connectivity index (χ1v) is 7.65. The van der Waals surface area contributed by atoms with Crippen molar-refractivity contribution < 1.29 is 19.4 Å². The van der Waals surface area contributed by atoms with Gasteiger partial charge in [-0.1, -0.05) is 17.7 Å². The third-order valence-corrected chi connectivity index (χ3v) is 3.60. The number of nitrogens with one attached hydrogen (secondary N) is 1. The lowest BCUT2D eigenvalue weighted by Gasteiger charge is -2.15. The number of hydrogen-bond acceptors (Lipinski definition) is 4. The predicted octanol–water partition coefficient (Wildman–Crippen LogP) is 2.45. The Labute approximate surface area is 132 Å². The fourth-order valence-electron chi connectivity index (χ4n) is 1.49. The van der Waals surface area contributed by atoms with Gasteiger partial charge in [-0.3, -0.25) is 4.79 Å². The Bertz CT molecular complexity index is 536. The average molecular weight is 330 g/mol. The van der Waals surface area contributed by atoms with Crippen LogP contribution in [-0.2, 0) is 9.53 Å². The van der Waals surface area contributed by atoms with E-state index >= 15 is 0 Å². The molecule has 7 heteroatoms. The normalized spacial score (nSPS) is 11.7. The van der Waals surface area contributed by atoms with E-state index in [1.54, 1.807) is 18.2 Å². The van der Waals surface area contributed by atoms with Crippen molar-refractivity contribution in [2.75, 3.05) is 19.5 Å². The van der Waals surface area contributed by atoms with Gasteiger partial charge in [-0.15, -0.1) is 18.3 Å². The highest BCUT2D eigenvalue weighted by molar-refractivity contribution is 7.98. The van der Waals surface area contributed by atoms with E-state index in [9.17, 15) is 9.59 Å². The Kier molecular flexibility index (Phi) is 7.28. The van der Waals surface area contributed by atoms with Gasteiger partial charge < -0.3 is 15.2 Å². The quantitative estimate of drug-likeness (QED) is 0.435. The molecular formula is C14H16ClNO4S. The highest BCUT2D eigenvalue weighted by atomic mass is 35.5. The van der Waals surface area contributed by atoms with Crippen LogP contribution >= 0.6 is 23.4 Å². The van der Waals surface area contributed by atoms with Crippen LogP contribution in [0.25, 0.3) is 0 Å². The highest BCUT2D eigenvalue weighted by Crippen LogP contribution is 2.23. The van der Waals surface area contributed by atoms with Crippen LogP contribution in [0.4, 0.5) is 0 Å². The van der Waals surface area contributed by atoms with Crippen LogP contribution < -0.4 is 5.32 Å². The zero-order chi connectivity index (χ0) is 15.8. The number of carboxylic acid groups (broad SMARTS) is 1. The maximum atomic E-state index is 12.1. The first-order chi connectivity index (χ1) is 9.99. The Balaban J connectivity index is 2.81.